The van der Waals surface area contributed by atoms with Gasteiger partial charge in [-0.1, -0.05) is 39.5 Å². The number of primary amides is 1. The van der Waals surface area contributed by atoms with Crippen LogP contribution in [0.2, 0.25) is 0 Å². The summed E-state index contributed by atoms with van der Waals surface area (Å²) in [6.45, 7) is 6.63. The molecule has 1 rings (SSSR count). The lowest BCUT2D eigenvalue weighted by Gasteiger charge is -2.33. The largest absolute Gasteiger partial charge is 0.381 e. The van der Waals surface area contributed by atoms with Crippen LogP contribution in [0, 0.1) is 5.92 Å². The first-order valence-corrected chi connectivity index (χ1v) is 8.30. The number of rotatable bonds is 11. The normalized spacial score (nSPS) is 26.0. The number of unbranched alkanes of at least 4 members (excludes halogenated alkanes) is 3. The van der Waals surface area contributed by atoms with Crippen LogP contribution >= 0.6 is 0 Å². The second kappa shape index (κ2) is 9.35. The van der Waals surface area contributed by atoms with Crippen LogP contribution in [0.4, 0.5) is 0 Å². The van der Waals surface area contributed by atoms with Crippen molar-refractivity contribution in [2.75, 3.05) is 19.8 Å². The van der Waals surface area contributed by atoms with Crippen LogP contribution < -0.4 is 11.1 Å². The van der Waals surface area contributed by atoms with Crippen molar-refractivity contribution in [3.63, 3.8) is 0 Å². The lowest BCUT2D eigenvalue weighted by Crippen LogP contribution is -2.58. The van der Waals surface area contributed by atoms with Crippen molar-refractivity contribution in [2.45, 2.75) is 70.8 Å². The van der Waals surface area contributed by atoms with E-state index in [4.69, 9.17) is 10.5 Å². The minimum absolute atomic E-state index is 0.190. The molecule has 0 aromatic rings. The predicted molar refractivity (Wildman–Crippen MR) is 82.5 cm³/mol. The fourth-order valence-electron chi connectivity index (χ4n) is 3.39. The van der Waals surface area contributed by atoms with Gasteiger partial charge in [0.2, 0.25) is 5.91 Å². The third-order valence-electron chi connectivity index (χ3n) is 4.51. The van der Waals surface area contributed by atoms with E-state index in [0.717, 1.165) is 51.9 Å². The summed E-state index contributed by atoms with van der Waals surface area (Å²) in [5, 5.41) is 3.35. The van der Waals surface area contributed by atoms with E-state index in [1.807, 2.05) is 6.92 Å². The van der Waals surface area contributed by atoms with Crippen molar-refractivity contribution in [3.05, 3.63) is 0 Å². The summed E-state index contributed by atoms with van der Waals surface area (Å²) in [5.41, 5.74) is 5.17. The van der Waals surface area contributed by atoms with Crippen LogP contribution in [0.1, 0.15) is 65.2 Å². The van der Waals surface area contributed by atoms with Crippen molar-refractivity contribution < 1.29 is 9.53 Å². The molecule has 3 N–H and O–H groups in total. The van der Waals surface area contributed by atoms with Gasteiger partial charge in [-0.25, -0.2) is 0 Å². The van der Waals surface area contributed by atoms with Gasteiger partial charge >= 0.3 is 0 Å². The lowest BCUT2D eigenvalue weighted by molar-refractivity contribution is -0.126. The average molecular weight is 284 g/mol. The van der Waals surface area contributed by atoms with Gasteiger partial charge in [0.15, 0.2) is 0 Å². The first-order chi connectivity index (χ1) is 9.67. The number of ether oxygens (including phenoxy) is 1. The highest BCUT2D eigenvalue weighted by atomic mass is 16.5. The molecule has 0 radical (unpaired) electrons. The second-order valence-electron chi connectivity index (χ2n) is 5.92. The molecule has 118 valence electrons. The summed E-state index contributed by atoms with van der Waals surface area (Å²) >= 11 is 0. The highest BCUT2D eigenvalue weighted by molar-refractivity contribution is 5.85. The maximum atomic E-state index is 11.8. The third kappa shape index (κ3) is 4.74. The number of hydrogen-bond acceptors (Lipinski definition) is 3. The third-order valence-corrected chi connectivity index (χ3v) is 4.51. The molecule has 0 aliphatic heterocycles. The zero-order chi connectivity index (χ0) is 14.8. The van der Waals surface area contributed by atoms with Crippen molar-refractivity contribution in [1.82, 2.24) is 5.32 Å². The van der Waals surface area contributed by atoms with E-state index in [-0.39, 0.29) is 5.91 Å². The van der Waals surface area contributed by atoms with Gasteiger partial charge in [-0.3, -0.25) is 4.79 Å². The number of nitrogens with one attached hydrogen (secondary N) is 1. The van der Waals surface area contributed by atoms with Gasteiger partial charge in [-0.2, -0.15) is 0 Å². The smallest absolute Gasteiger partial charge is 0.238 e. The summed E-state index contributed by atoms with van der Waals surface area (Å²) in [7, 11) is 0. The first kappa shape index (κ1) is 17.4. The van der Waals surface area contributed by atoms with Gasteiger partial charge in [0, 0.05) is 13.2 Å². The van der Waals surface area contributed by atoms with Crippen LogP contribution in [0.5, 0.6) is 0 Å². The molecule has 1 aliphatic carbocycles. The fraction of sp³-hybridized carbons (Fsp3) is 0.938. The van der Waals surface area contributed by atoms with E-state index in [9.17, 15) is 4.79 Å². The number of nitrogens with two attached hydrogens (primary N) is 1. The fourth-order valence-corrected chi connectivity index (χ4v) is 3.39. The van der Waals surface area contributed by atoms with Crippen molar-refractivity contribution in [2.24, 2.45) is 11.7 Å². The zero-order valence-corrected chi connectivity index (χ0v) is 13.2. The molecular weight excluding hydrogens is 252 g/mol. The molecule has 1 aliphatic rings. The van der Waals surface area contributed by atoms with Gasteiger partial charge in [-0.05, 0) is 38.1 Å². The van der Waals surface area contributed by atoms with E-state index in [2.05, 4.69) is 12.2 Å². The number of amides is 1. The second-order valence-corrected chi connectivity index (χ2v) is 5.92. The van der Waals surface area contributed by atoms with E-state index in [1.165, 1.54) is 19.3 Å². The maximum Gasteiger partial charge on any atom is 0.238 e. The molecule has 0 bridgehead atoms. The highest BCUT2D eigenvalue weighted by Gasteiger charge is 2.46. The number of likely N-dealkylation sites (N-methyl/N-ethyl adjacent to an activating group) is 1. The maximum absolute atomic E-state index is 11.8. The lowest BCUT2D eigenvalue weighted by atomic mass is 9.84. The van der Waals surface area contributed by atoms with Gasteiger partial charge in [-0.15, -0.1) is 0 Å². The Kier molecular flexibility index (Phi) is 8.15. The molecule has 0 saturated heterocycles. The molecule has 0 heterocycles. The molecule has 4 heteroatoms. The summed E-state index contributed by atoms with van der Waals surface area (Å²) in [4.78, 5) is 11.8. The van der Waals surface area contributed by atoms with Crippen molar-refractivity contribution >= 4 is 5.91 Å². The summed E-state index contributed by atoms with van der Waals surface area (Å²) in [5.74, 6) is 0.139. The number of hydrogen-bond donors (Lipinski definition) is 2. The van der Waals surface area contributed by atoms with Crippen LogP contribution in [-0.2, 0) is 9.53 Å². The number of carbonyl (C=O) groups is 1. The Balaban J connectivity index is 2.29. The van der Waals surface area contributed by atoms with Gasteiger partial charge in [0.1, 0.15) is 5.54 Å². The standard InChI is InChI=1S/C16H32N2O2/c1-3-5-6-7-12-20-13-10-14-9-8-11-16(14,15(17)19)18-4-2/h14,18H,3-13H2,1-2H3,(H2,17,19). The van der Waals surface area contributed by atoms with Crippen LogP contribution in [0.15, 0.2) is 0 Å². The molecular formula is C16H32N2O2. The van der Waals surface area contributed by atoms with E-state index >= 15 is 0 Å². The quantitative estimate of drug-likeness (QED) is 0.573. The molecule has 0 aromatic heterocycles. The van der Waals surface area contributed by atoms with Gasteiger partial charge < -0.3 is 15.8 Å². The summed E-state index contributed by atoms with van der Waals surface area (Å²) in [6.07, 6.45) is 8.91. The molecule has 20 heavy (non-hydrogen) atoms. The Bertz CT molecular complexity index is 284. The van der Waals surface area contributed by atoms with Crippen molar-refractivity contribution in [3.8, 4) is 0 Å². The average Bonchev–Trinajstić information content (AvgIpc) is 2.82. The van der Waals surface area contributed by atoms with E-state index in [0.29, 0.717) is 5.92 Å². The topological polar surface area (TPSA) is 64.3 Å². The van der Waals surface area contributed by atoms with Crippen LogP contribution in [0.3, 0.4) is 0 Å². The van der Waals surface area contributed by atoms with Gasteiger partial charge in [0.05, 0.1) is 0 Å². The zero-order valence-electron chi connectivity index (χ0n) is 13.2. The summed E-state index contributed by atoms with van der Waals surface area (Å²) in [6, 6.07) is 0. The Morgan fingerprint density at radius 2 is 2.10 bits per heavy atom. The molecule has 1 fully saturated rings. The molecule has 2 unspecified atom stereocenters. The van der Waals surface area contributed by atoms with Crippen LogP contribution in [0.25, 0.3) is 0 Å². The van der Waals surface area contributed by atoms with E-state index in [1.54, 1.807) is 0 Å². The minimum atomic E-state index is -0.486. The predicted octanol–water partition coefficient (Wildman–Crippen LogP) is 2.61. The molecule has 2 atom stereocenters. The monoisotopic (exact) mass is 284 g/mol. The Morgan fingerprint density at radius 3 is 2.75 bits per heavy atom. The Labute approximate surface area is 123 Å². The Hall–Kier alpha value is -0.610. The molecule has 0 aromatic carbocycles. The van der Waals surface area contributed by atoms with Crippen molar-refractivity contribution in [1.29, 1.82) is 0 Å². The molecule has 1 saturated carbocycles. The highest BCUT2D eigenvalue weighted by Crippen LogP contribution is 2.37. The molecule has 1 amide bonds. The number of carbonyl (C=O) groups excluding carboxylic acids is 1. The SMILES string of the molecule is CCCCCCOCCC1CCCC1(NCC)C(N)=O. The Morgan fingerprint density at radius 1 is 1.30 bits per heavy atom. The van der Waals surface area contributed by atoms with Gasteiger partial charge in [0.25, 0.3) is 0 Å². The summed E-state index contributed by atoms with van der Waals surface area (Å²) < 4.78 is 5.71. The molecule has 4 nitrogen and oxygen atoms in total. The molecule has 0 spiro atoms. The van der Waals surface area contributed by atoms with Crippen LogP contribution in [-0.4, -0.2) is 31.2 Å². The minimum Gasteiger partial charge on any atom is -0.381 e. The first-order valence-electron chi connectivity index (χ1n) is 8.30. The van der Waals surface area contributed by atoms with E-state index < -0.39 is 5.54 Å².